The summed E-state index contributed by atoms with van der Waals surface area (Å²) in [5.74, 6) is 0.0909. The van der Waals surface area contributed by atoms with Gasteiger partial charge in [-0.2, -0.15) is 0 Å². The van der Waals surface area contributed by atoms with E-state index in [9.17, 15) is 4.79 Å². The maximum atomic E-state index is 12.7. The van der Waals surface area contributed by atoms with Crippen LogP contribution in [0.25, 0.3) is 5.52 Å². The lowest BCUT2D eigenvalue weighted by atomic mass is 9.99. The number of imidazole rings is 1. The Kier molecular flexibility index (Phi) is 2.74. The first-order valence-corrected chi connectivity index (χ1v) is 7.09. The number of carbonyl (C=O) groups excluding carboxylic acids is 1. The van der Waals surface area contributed by atoms with Crippen LogP contribution in [-0.2, 0) is 13.0 Å². The number of carbonyl (C=O) groups is 1. The van der Waals surface area contributed by atoms with Gasteiger partial charge in [0, 0.05) is 24.8 Å². The quantitative estimate of drug-likeness (QED) is 0.685. The van der Waals surface area contributed by atoms with Gasteiger partial charge in [-0.15, -0.1) is 0 Å². The second kappa shape index (κ2) is 4.74. The molecular formula is C17H15N3O. The minimum Gasteiger partial charge on any atom is -0.334 e. The van der Waals surface area contributed by atoms with Gasteiger partial charge in [-0.25, -0.2) is 4.98 Å². The maximum Gasteiger partial charge on any atom is 0.254 e. The van der Waals surface area contributed by atoms with E-state index in [1.165, 1.54) is 11.1 Å². The highest BCUT2D eigenvalue weighted by molar-refractivity contribution is 5.95. The summed E-state index contributed by atoms with van der Waals surface area (Å²) in [5.41, 5.74) is 4.27. The summed E-state index contributed by atoms with van der Waals surface area (Å²) in [7, 11) is 0. The minimum atomic E-state index is 0.0909. The predicted octanol–water partition coefficient (Wildman–Crippen LogP) is 2.53. The Hall–Kier alpha value is -2.62. The lowest BCUT2D eigenvalue weighted by Gasteiger charge is -2.29. The van der Waals surface area contributed by atoms with Crippen LogP contribution in [0.3, 0.4) is 0 Å². The summed E-state index contributed by atoms with van der Waals surface area (Å²) >= 11 is 0. The molecule has 3 aromatic rings. The molecule has 0 unspecified atom stereocenters. The third kappa shape index (κ3) is 2.09. The maximum absolute atomic E-state index is 12.7. The number of rotatable bonds is 1. The van der Waals surface area contributed by atoms with Gasteiger partial charge in [0.2, 0.25) is 0 Å². The number of hydrogen-bond donors (Lipinski definition) is 0. The second-order valence-electron chi connectivity index (χ2n) is 5.39. The molecule has 4 nitrogen and oxygen atoms in total. The van der Waals surface area contributed by atoms with Crippen LogP contribution in [0.5, 0.6) is 0 Å². The fourth-order valence-corrected chi connectivity index (χ4v) is 2.90. The first kappa shape index (κ1) is 12.1. The molecule has 0 aliphatic carbocycles. The molecule has 1 aromatic carbocycles. The van der Waals surface area contributed by atoms with Crippen molar-refractivity contribution in [2.75, 3.05) is 6.54 Å². The Morgan fingerprint density at radius 2 is 2.00 bits per heavy atom. The normalized spacial score (nSPS) is 14.2. The average Bonchev–Trinajstić information content (AvgIpc) is 3.01. The van der Waals surface area contributed by atoms with Crippen molar-refractivity contribution < 1.29 is 4.79 Å². The molecule has 0 spiro atoms. The topological polar surface area (TPSA) is 37.6 Å². The molecule has 0 bridgehead atoms. The van der Waals surface area contributed by atoms with Crippen LogP contribution in [0, 0.1) is 0 Å². The van der Waals surface area contributed by atoms with Crippen LogP contribution in [0.2, 0.25) is 0 Å². The van der Waals surface area contributed by atoms with Crippen LogP contribution in [0.15, 0.2) is 55.1 Å². The van der Waals surface area contributed by atoms with Gasteiger partial charge in [0.1, 0.15) is 0 Å². The summed E-state index contributed by atoms with van der Waals surface area (Å²) in [5, 5.41) is 0. The average molecular weight is 277 g/mol. The van der Waals surface area contributed by atoms with Crippen molar-refractivity contribution in [2.24, 2.45) is 0 Å². The van der Waals surface area contributed by atoms with E-state index in [1.54, 1.807) is 12.5 Å². The van der Waals surface area contributed by atoms with Crippen molar-refractivity contribution in [3.8, 4) is 0 Å². The number of pyridine rings is 1. The van der Waals surface area contributed by atoms with E-state index in [2.05, 4.69) is 23.2 Å². The van der Waals surface area contributed by atoms with Crippen LogP contribution >= 0.6 is 0 Å². The summed E-state index contributed by atoms with van der Waals surface area (Å²) in [6, 6.07) is 12.1. The molecule has 104 valence electrons. The molecule has 2 aromatic heterocycles. The van der Waals surface area contributed by atoms with Gasteiger partial charge in [-0.1, -0.05) is 24.3 Å². The molecule has 0 atom stereocenters. The molecule has 0 saturated heterocycles. The van der Waals surface area contributed by atoms with Gasteiger partial charge < -0.3 is 9.30 Å². The van der Waals surface area contributed by atoms with Crippen molar-refractivity contribution in [1.29, 1.82) is 0 Å². The van der Waals surface area contributed by atoms with Crippen LogP contribution in [-0.4, -0.2) is 26.7 Å². The van der Waals surface area contributed by atoms with E-state index in [-0.39, 0.29) is 5.91 Å². The minimum absolute atomic E-state index is 0.0909. The Morgan fingerprint density at radius 1 is 1.14 bits per heavy atom. The standard InChI is InChI=1S/C17H15N3O/c21-17(14-6-8-20-12-18-10-16(20)9-14)19-7-5-13-3-1-2-4-15(13)11-19/h1-4,6,8-10,12H,5,7,11H2. The zero-order valence-corrected chi connectivity index (χ0v) is 11.6. The van der Waals surface area contributed by atoms with Crippen molar-refractivity contribution in [2.45, 2.75) is 13.0 Å². The van der Waals surface area contributed by atoms with E-state index in [4.69, 9.17) is 0 Å². The van der Waals surface area contributed by atoms with Crippen molar-refractivity contribution in [3.05, 3.63) is 71.8 Å². The summed E-state index contributed by atoms with van der Waals surface area (Å²) in [6.45, 7) is 1.47. The van der Waals surface area contributed by atoms with Crippen LogP contribution < -0.4 is 0 Å². The molecule has 21 heavy (non-hydrogen) atoms. The molecule has 3 heterocycles. The fraction of sp³-hybridized carbons (Fsp3) is 0.176. The highest BCUT2D eigenvalue weighted by atomic mass is 16.2. The van der Waals surface area contributed by atoms with Gasteiger partial charge >= 0.3 is 0 Å². The van der Waals surface area contributed by atoms with Crippen LogP contribution in [0.1, 0.15) is 21.5 Å². The number of amides is 1. The highest BCUT2D eigenvalue weighted by Crippen LogP contribution is 2.20. The molecule has 0 radical (unpaired) electrons. The Bertz CT molecular complexity index is 822. The third-order valence-corrected chi connectivity index (χ3v) is 4.08. The van der Waals surface area contributed by atoms with Gasteiger partial charge in [0.15, 0.2) is 0 Å². The lowest BCUT2D eigenvalue weighted by Crippen LogP contribution is -2.35. The summed E-state index contributed by atoms with van der Waals surface area (Å²) < 4.78 is 1.91. The SMILES string of the molecule is O=C(c1ccn2cncc2c1)N1CCc2ccccc2C1. The van der Waals surface area contributed by atoms with E-state index in [0.717, 1.165) is 24.0 Å². The van der Waals surface area contributed by atoms with Crippen molar-refractivity contribution in [1.82, 2.24) is 14.3 Å². The Balaban J connectivity index is 1.63. The second-order valence-corrected chi connectivity index (χ2v) is 5.39. The number of fused-ring (bicyclic) bond motifs is 2. The summed E-state index contributed by atoms with van der Waals surface area (Å²) in [6.07, 6.45) is 6.31. The first-order valence-electron chi connectivity index (χ1n) is 7.09. The highest BCUT2D eigenvalue weighted by Gasteiger charge is 2.21. The van der Waals surface area contributed by atoms with Gasteiger partial charge in [0.25, 0.3) is 5.91 Å². The summed E-state index contributed by atoms with van der Waals surface area (Å²) in [4.78, 5) is 18.7. The van der Waals surface area contributed by atoms with Crippen molar-refractivity contribution in [3.63, 3.8) is 0 Å². The first-order chi connectivity index (χ1) is 10.3. The Labute approximate surface area is 122 Å². The number of benzene rings is 1. The zero-order valence-electron chi connectivity index (χ0n) is 11.6. The lowest BCUT2D eigenvalue weighted by molar-refractivity contribution is 0.0734. The molecule has 1 amide bonds. The largest absolute Gasteiger partial charge is 0.334 e. The van der Waals surface area contributed by atoms with Crippen molar-refractivity contribution >= 4 is 11.4 Å². The zero-order chi connectivity index (χ0) is 14.2. The molecule has 1 aliphatic heterocycles. The number of aromatic nitrogens is 2. The number of hydrogen-bond acceptors (Lipinski definition) is 2. The van der Waals surface area contributed by atoms with Crippen LogP contribution in [0.4, 0.5) is 0 Å². The predicted molar refractivity (Wildman–Crippen MR) is 80.1 cm³/mol. The molecule has 4 rings (SSSR count). The van der Waals surface area contributed by atoms with E-state index in [1.807, 2.05) is 33.7 Å². The van der Waals surface area contributed by atoms with E-state index in [0.29, 0.717) is 6.54 Å². The molecule has 0 saturated carbocycles. The molecular weight excluding hydrogens is 262 g/mol. The van der Waals surface area contributed by atoms with Gasteiger partial charge in [-0.3, -0.25) is 4.79 Å². The van der Waals surface area contributed by atoms with Gasteiger partial charge in [-0.05, 0) is 29.7 Å². The number of nitrogens with zero attached hydrogens (tertiary/aromatic N) is 3. The smallest absolute Gasteiger partial charge is 0.254 e. The fourth-order valence-electron chi connectivity index (χ4n) is 2.90. The van der Waals surface area contributed by atoms with Gasteiger partial charge in [0.05, 0.1) is 18.0 Å². The van der Waals surface area contributed by atoms with E-state index < -0.39 is 0 Å². The molecule has 0 fully saturated rings. The molecule has 4 heteroatoms. The molecule has 1 aliphatic rings. The molecule has 0 N–H and O–H groups in total. The third-order valence-electron chi connectivity index (χ3n) is 4.08. The van der Waals surface area contributed by atoms with E-state index >= 15 is 0 Å². The Morgan fingerprint density at radius 3 is 2.90 bits per heavy atom. The monoisotopic (exact) mass is 277 g/mol.